The zero-order valence-electron chi connectivity index (χ0n) is 15.6. The number of thiazole rings is 1. The average Bonchev–Trinajstić information content (AvgIpc) is 3.15. The minimum Gasteiger partial charge on any atom is -0.495 e. The number of ether oxygens (including phenoxy) is 1. The van der Waals surface area contributed by atoms with Crippen LogP contribution < -0.4 is 14.3 Å². The zero-order valence-corrected chi connectivity index (χ0v) is 18.0. The maximum absolute atomic E-state index is 12.7. The molecule has 0 atom stereocenters. The second-order valence-corrected chi connectivity index (χ2v) is 9.03. The second-order valence-electron chi connectivity index (χ2n) is 5.90. The maximum Gasteiger partial charge on any atom is 0.279 e. The molecule has 3 rings (SSSR count). The maximum atomic E-state index is 12.7. The highest BCUT2D eigenvalue weighted by molar-refractivity contribution is 7.89. The van der Waals surface area contributed by atoms with Gasteiger partial charge in [-0.25, -0.2) is 13.1 Å². The highest BCUT2D eigenvalue weighted by atomic mass is 35.5. The molecule has 0 aliphatic heterocycles. The van der Waals surface area contributed by atoms with Crippen LogP contribution in [0.5, 0.6) is 5.75 Å². The summed E-state index contributed by atoms with van der Waals surface area (Å²) in [6.45, 7) is 0.456. The third-order valence-corrected chi connectivity index (χ3v) is 6.72. The van der Waals surface area contributed by atoms with Gasteiger partial charge in [0.2, 0.25) is 10.0 Å². The number of aromatic nitrogens is 1. The van der Waals surface area contributed by atoms with Crippen LogP contribution in [0.15, 0.2) is 63.9 Å². The predicted molar refractivity (Wildman–Crippen MR) is 112 cm³/mol. The number of benzene rings is 2. The predicted octanol–water partition coefficient (Wildman–Crippen LogP) is 2.91. The molecule has 0 saturated heterocycles. The zero-order chi connectivity index (χ0) is 21.0. The van der Waals surface area contributed by atoms with E-state index in [0.717, 1.165) is 5.56 Å². The SMILES string of the molecule is CNS(=O)(=O)c1cc(C(=O)N=c2sccn2Cc2ccccc2Cl)ccc1OC. The largest absolute Gasteiger partial charge is 0.495 e. The molecule has 7 nitrogen and oxygen atoms in total. The van der Waals surface area contributed by atoms with Crippen molar-refractivity contribution in [2.45, 2.75) is 11.4 Å². The van der Waals surface area contributed by atoms with Gasteiger partial charge in [-0.2, -0.15) is 4.99 Å². The molecule has 1 aromatic heterocycles. The van der Waals surface area contributed by atoms with Crippen molar-refractivity contribution >= 4 is 38.9 Å². The highest BCUT2D eigenvalue weighted by Crippen LogP contribution is 2.25. The highest BCUT2D eigenvalue weighted by Gasteiger charge is 2.20. The van der Waals surface area contributed by atoms with Gasteiger partial charge < -0.3 is 9.30 Å². The van der Waals surface area contributed by atoms with Gasteiger partial charge in [-0.05, 0) is 36.9 Å². The summed E-state index contributed by atoms with van der Waals surface area (Å²) in [6.07, 6.45) is 1.81. The van der Waals surface area contributed by atoms with E-state index in [1.54, 1.807) is 10.6 Å². The molecule has 0 unspecified atom stereocenters. The Morgan fingerprint density at radius 1 is 1.28 bits per heavy atom. The fraction of sp³-hybridized carbons (Fsp3) is 0.158. The Hall–Kier alpha value is -2.46. The number of rotatable bonds is 6. The molecule has 0 bridgehead atoms. The lowest BCUT2D eigenvalue weighted by atomic mass is 10.2. The molecule has 29 heavy (non-hydrogen) atoms. The molecule has 0 radical (unpaired) electrons. The van der Waals surface area contributed by atoms with Gasteiger partial charge in [-0.1, -0.05) is 29.8 Å². The topological polar surface area (TPSA) is 89.8 Å². The van der Waals surface area contributed by atoms with Crippen molar-refractivity contribution in [3.05, 3.63) is 75.0 Å². The molecular formula is C19H18ClN3O4S2. The third kappa shape index (κ3) is 4.76. The summed E-state index contributed by atoms with van der Waals surface area (Å²) in [5.41, 5.74) is 1.03. The molecule has 1 amide bonds. The minimum atomic E-state index is -3.80. The van der Waals surface area contributed by atoms with Crippen LogP contribution in [0.25, 0.3) is 0 Å². The van der Waals surface area contributed by atoms with Gasteiger partial charge in [-0.3, -0.25) is 4.79 Å². The lowest BCUT2D eigenvalue weighted by Crippen LogP contribution is -2.20. The van der Waals surface area contributed by atoms with Gasteiger partial charge in [0.15, 0.2) is 4.80 Å². The van der Waals surface area contributed by atoms with Crippen molar-refractivity contribution in [1.29, 1.82) is 0 Å². The number of nitrogens with one attached hydrogen (secondary N) is 1. The first-order valence-corrected chi connectivity index (χ1v) is 11.2. The molecule has 0 aliphatic carbocycles. The minimum absolute atomic E-state index is 0.126. The van der Waals surface area contributed by atoms with E-state index in [4.69, 9.17) is 16.3 Å². The van der Waals surface area contributed by atoms with Crippen molar-refractivity contribution < 1.29 is 17.9 Å². The van der Waals surface area contributed by atoms with E-state index in [9.17, 15) is 13.2 Å². The number of amides is 1. The van der Waals surface area contributed by atoms with E-state index < -0.39 is 15.9 Å². The summed E-state index contributed by atoms with van der Waals surface area (Å²) in [4.78, 5) is 17.2. The Morgan fingerprint density at radius 2 is 2.03 bits per heavy atom. The van der Waals surface area contributed by atoms with Gasteiger partial charge in [0.25, 0.3) is 5.91 Å². The quantitative estimate of drug-likeness (QED) is 0.624. The normalized spacial score (nSPS) is 12.2. The number of carbonyl (C=O) groups is 1. The molecule has 152 valence electrons. The lowest BCUT2D eigenvalue weighted by molar-refractivity contribution is 0.0997. The van der Waals surface area contributed by atoms with E-state index in [0.29, 0.717) is 16.4 Å². The van der Waals surface area contributed by atoms with E-state index in [-0.39, 0.29) is 16.2 Å². The Labute approximate surface area is 177 Å². The van der Waals surface area contributed by atoms with Crippen LogP contribution >= 0.6 is 22.9 Å². The Bertz CT molecular complexity index is 1220. The monoisotopic (exact) mass is 451 g/mol. The summed E-state index contributed by atoms with van der Waals surface area (Å²) in [5.74, 6) is -0.420. The Kier molecular flexibility index (Phi) is 6.53. The number of methoxy groups -OCH3 is 1. The Morgan fingerprint density at radius 3 is 2.72 bits per heavy atom. The number of carbonyl (C=O) groups excluding carboxylic acids is 1. The molecule has 0 saturated carbocycles. The summed E-state index contributed by atoms with van der Waals surface area (Å²) in [7, 11) is -1.15. The van der Waals surface area contributed by atoms with E-state index >= 15 is 0 Å². The van der Waals surface area contributed by atoms with Crippen LogP contribution in [0, 0.1) is 0 Å². The molecule has 2 aromatic carbocycles. The third-order valence-electron chi connectivity index (χ3n) is 4.12. The molecule has 10 heteroatoms. The van der Waals surface area contributed by atoms with Crippen LogP contribution in [0.2, 0.25) is 5.02 Å². The number of nitrogens with zero attached hydrogens (tertiary/aromatic N) is 2. The number of hydrogen-bond donors (Lipinski definition) is 1. The molecular weight excluding hydrogens is 434 g/mol. The van der Waals surface area contributed by atoms with Crippen LogP contribution in [0.3, 0.4) is 0 Å². The summed E-state index contributed by atoms with van der Waals surface area (Å²) >= 11 is 7.51. The van der Waals surface area contributed by atoms with E-state index in [1.807, 2.05) is 29.8 Å². The first-order valence-electron chi connectivity index (χ1n) is 8.43. The smallest absolute Gasteiger partial charge is 0.279 e. The van der Waals surface area contributed by atoms with Crippen LogP contribution in [0.4, 0.5) is 0 Å². The van der Waals surface area contributed by atoms with Crippen molar-refractivity contribution in [3.63, 3.8) is 0 Å². The number of halogens is 1. The first-order chi connectivity index (χ1) is 13.9. The van der Waals surface area contributed by atoms with Crippen molar-refractivity contribution in [2.24, 2.45) is 4.99 Å². The van der Waals surface area contributed by atoms with E-state index in [2.05, 4.69) is 9.71 Å². The number of sulfonamides is 1. The van der Waals surface area contributed by atoms with Gasteiger partial charge in [0, 0.05) is 22.2 Å². The van der Waals surface area contributed by atoms with Crippen molar-refractivity contribution in [3.8, 4) is 5.75 Å². The molecule has 3 aromatic rings. The average molecular weight is 452 g/mol. The van der Waals surface area contributed by atoms with E-state index in [1.165, 1.54) is 43.7 Å². The first kappa shape index (κ1) is 21.3. The molecule has 0 aliphatic rings. The lowest BCUT2D eigenvalue weighted by Gasteiger charge is -2.09. The van der Waals surface area contributed by atoms with Gasteiger partial charge in [0.1, 0.15) is 10.6 Å². The molecule has 0 fully saturated rings. The summed E-state index contributed by atoms with van der Waals surface area (Å²) < 4.78 is 33.5. The van der Waals surface area contributed by atoms with Gasteiger partial charge >= 0.3 is 0 Å². The molecule has 0 spiro atoms. The fourth-order valence-corrected chi connectivity index (χ4v) is 4.44. The van der Waals surface area contributed by atoms with Crippen molar-refractivity contribution in [2.75, 3.05) is 14.2 Å². The van der Waals surface area contributed by atoms with Gasteiger partial charge in [-0.15, -0.1) is 11.3 Å². The molecule has 1 heterocycles. The van der Waals surface area contributed by atoms with Crippen LogP contribution in [0.1, 0.15) is 15.9 Å². The van der Waals surface area contributed by atoms with Gasteiger partial charge in [0.05, 0.1) is 13.7 Å². The summed E-state index contributed by atoms with van der Waals surface area (Å²) in [6, 6.07) is 11.6. The Balaban J connectivity index is 1.97. The van der Waals surface area contributed by atoms with Crippen molar-refractivity contribution in [1.82, 2.24) is 9.29 Å². The standard InChI is InChI=1S/C19H18ClN3O4S2/c1-21-29(25,26)17-11-13(7-8-16(17)27-2)18(24)22-19-23(9-10-28-19)12-14-5-3-4-6-15(14)20/h3-11,21H,12H2,1-2H3. The number of hydrogen-bond acceptors (Lipinski definition) is 5. The molecule has 1 N–H and O–H groups in total. The fourth-order valence-electron chi connectivity index (χ4n) is 2.60. The van der Waals surface area contributed by atoms with Crippen LogP contribution in [-0.2, 0) is 16.6 Å². The second kappa shape index (κ2) is 8.91. The van der Waals surface area contributed by atoms with Crippen LogP contribution in [-0.4, -0.2) is 33.0 Å². The summed E-state index contributed by atoms with van der Waals surface area (Å²) in [5, 5.41) is 2.44.